The number of hydrogen-bond donors (Lipinski definition) is 1. The summed E-state index contributed by atoms with van der Waals surface area (Å²) < 4.78 is 26.2. The molecule has 0 aliphatic heterocycles. The molecule has 0 spiro atoms. The number of amides is 1. The minimum atomic E-state index is -3.98. The van der Waals surface area contributed by atoms with Crippen LogP contribution in [0.5, 0.6) is 0 Å². The molecule has 0 atom stereocenters. The lowest BCUT2D eigenvalue weighted by Gasteiger charge is -2.20. The topological polar surface area (TPSA) is 110 Å². The van der Waals surface area contributed by atoms with Crippen molar-refractivity contribution in [3.8, 4) is 0 Å². The van der Waals surface area contributed by atoms with Gasteiger partial charge in [-0.05, 0) is 19.4 Å². The molecular weight excluding hydrogens is 310 g/mol. The molecule has 1 rings (SSSR count). The van der Waals surface area contributed by atoms with E-state index >= 15 is 0 Å². The molecule has 0 saturated heterocycles. The molecule has 1 aromatic rings. The Morgan fingerprint density at radius 2 is 2.00 bits per heavy atom. The van der Waals surface area contributed by atoms with E-state index < -0.39 is 20.9 Å². The Hall–Kier alpha value is -2.00. The van der Waals surface area contributed by atoms with Gasteiger partial charge in [-0.2, -0.15) is 4.31 Å². The number of carbonyl (C=O) groups is 1. The first-order valence-electron chi connectivity index (χ1n) is 6.75. The van der Waals surface area contributed by atoms with Crippen LogP contribution in [0.4, 0.5) is 5.69 Å². The van der Waals surface area contributed by atoms with Crippen molar-refractivity contribution in [1.29, 1.82) is 0 Å². The van der Waals surface area contributed by atoms with Gasteiger partial charge in [0.2, 0.25) is 15.9 Å². The summed E-state index contributed by atoms with van der Waals surface area (Å²) in [4.78, 5) is 21.6. The predicted octanol–water partition coefficient (Wildman–Crippen LogP) is 1.05. The molecule has 0 fully saturated rings. The van der Waals surface area contributed by atoms with Gasteiger partial charge in [0.25, 0.3) is 5.69 Å². The maximum Gasteiger partial charge on any atom is 0.270 e. The van der Waals surface area contributed by atoms with Gasteiger partial charge in [-0.3, -0.25) is 14.9 Å². The molecule has 1 aromatic carbocycles. The van der Waals surface area contributed by atoms with Crippen LogP contribution in [-0.4, -0.2) is 43.2 Å². The zero-order valence-corrected chi connectivity index (χ0v) is 13.5. The standard InChI is InChI=1S/C13H19N3O5S/c1-4-14-13(17)9-15(5-2)22(20,21)12-8-11(16(18)19)7-6-10(12)3/h6-8H,4-5,9H2,1-3H3,(H,14,17). The predicted molar refractivity (Wildman–Crippen MR) is 80.9 cm³/mol. The molecule has 22 heavy (non-hydrogen) atoms. The average Bonchev–Trinajstić information content (AvgIpc) is 2.44. The van der Waals surface area contributed by atoms with E-state index in [-0.39, 0.29) is 23.7 Å². The summed E-state index contributed by atoms with van der Waals surface area (Å²) in [5.41, 5.74) is 0.0817. The van der Waals surface area contributed by atoms with Gasteiger partial charge in [0.05, 0.1) is 16.4 Å². The van der Waals surface area contributed by atoms with E-state index in [2.05, 4.69) is 5.32 Å². The van der Waals surface area contributed by atoms with Crippen LogP contribution >= 0.6 is 0 Å². The van der Waals surface area contributed by atoms with Gasteiger partial charge in [-0.1, -0.05) is 13.0 Å². The number of nitro groups is 1. The lowest BCUT2D eigenvalue weighted by molar-refractivity contribution is -0.385. The first kappa shape index (κ1) is 18.1. The molecule has 0 aliphatic carbocycles. The fraction of sp³-hybridized carbons (Fsp3) is 0.462. The zero-order chi connectivity index (χ0) is 16.9. The Kier molecular flexibility index (Phi) is 6.01. The van der Waals surface area contributed by atoms with Crippen molar-refractivity contribution in [2.75, 3.05) is 19.6 Å². The Morgan fingerprint density at radius 3 is 2.50 bits per heavy atom. The molecular formula is C13H19N3O5S. The summed E-state index contributed by atoms with van der Waals surface area (Å²) >= 11 is 0. The van der Waals surface area contributed by atoms with Crippen LogP contribution in [-0.2, 0) is 14.8 Å². The van der Waals surface area contributed by atoms with E-state index in [1.165, 1.54) is 12.1 Å². The number of non-ortho nitro benzene ring substituents is 1. The van der Waals surface area contributed by atoms with E-state index in [0.29, 0.717) is 12.1 Å². The quantitative estimate of drug-likeness (QED) is 0.594. The molecule has 0 unspecified atom stereocenters. The molecule has 0 heterocycles. The third kappa shape index (κ3) is 4.01. The highest BCUT2D eigenvalue weighted by Gasteiger charge is 2.28. The lowest BCUT2D eigenvalue weighted by Crippen LogP contribution is -2.40. The molecule has 9 heteroatoms. The Bertz CT molecular complexity index is 672. The van der Waals surface area contributed by atoms with Crippen LogP contribution in [0.1, 0.15) is 19.4 Å². The Labute approximate surface area is 129 Å². The van der Waals surface area contributed by atoms with Crippen molar-refractivity contribution < 1.29 is 18.1 Å². The fourth-order valence-corrected chi connectivity index (χ4v) is 3.55. The van der Waals surface area contributed by atoms with Crippen LogP contribution in [0, 0.1) is 17.0 Å². The maximum absolute atomic E-state index is 12.6. The first-order valence-corrected chi connectivity index (χ1v) is 8.19. The molecule has 1 amide bonds. The molecule has 0 aliphatic rings. The molecule has 1 N–H and O–H groups in total. The number of nitrogens with zero attached hydrogens (tertiary/aromatic N) is 2. The van der Waals surface area contributed by atoms with Gasteiger partial charge in [-0.15, -0.1) is 0 Å². The van der Waals surface area contributed by atoms with Crippen molar-refractivity contribution in [3.05, 3.63) is 33.9 Å². The molecule has 8 nitrogen and oxygen atoms in total. The Morgan fingerprint density at radius 1 is 1.36 bits per heavy atom. The zero-order valence-electron chi connectivity index (χ0n) is 12.7. The smallest absolute Gasteiger partial charge is 0.270 e. The van der Waals surface area contributed by atoms with Crippen LogP contribution < -0.4 is 5.32 Å². The van der Waals surface area contributed by atoms with Crippen LogP contribution in [0.2, 0.25) is 0 Å². The minimum Gasteiger partial charge on any atom is -0.355 e. The van der Waals surface area contributed by atoms with E-state index in [1.807, 2.05) is 0 Å². The molecule has 122 valence electrons. The summed E-state index contributed by atoms with van der Waals surface area (Å²) in [7, 11) is -3.98. The number of nitro benzene ring substituents is 1. The molecule has 0 saturated carbocycles. The number of sulfonamides is 1. The third-order valence-electron chi connectivity index (χ3n) is 3.05. The number of rotatable bonds is 7. The second-order valence-corrected chi connectivity index (χ2v) is 6.50. The van der Waals surface area contributed by atoms with Crippen molar-refractivity contribution in [2.45, 2.75) is 25.7 Å². The summed E-state index contributed by atoms with van der Waals surface area (Å²) in [6.07, 6.45) is 0. The fourth-order valence-electron chi connectivity index (χ4n) is 1.90. The second-order valence-electron chi connectivity index (χ2n) is 4.59. The lowest BCUT2D eigenvalue weighted by atomic mass is 10.2. The van der Waals surface area contributed by atoms with Gasteiger partial charge >= 0.3 is 0 Å². The SMILES string of the molecule is CCNC(=O)CN(CC)S(=O)(=O)c1cc([N+](=O)[O-])ccc1C. The van der Waals surface area contributed by atoms with Crippen molar-refractivity contribution in [1.82, 2.24) is 9.62 Å². The van der Waals surface area contributed by atoms with Crippen molar-refractivity contribution in [2.24, 2.45) is 0 Å². The number of aryl methyl sites for hydroxylation is 1. The second kappa shape index (κ2) is 7.32. The van der Waals surface area contributed by atoms with Gasteiger partial charge in [0.15, 0.2) is 0 Å². The summed E-state index contributed by atoms with van der Waals surface area (Å²) in [6.45, 7) is 5.04. The summed E-state index contributed by atoms with van der Waals surface area (Å²) in [6, 6.07) is 3.64. The molecule has 0 aromatic heterocycles. The number of nitrogens with one attached hydrogen (secondary N) is 1. The highest BCUT2D eigenvalue weighted by Crippen LogP contribution is 2.24. The maximum atomic E-state index is 12.6. The van der Waals surface area contributed by atoms with E-state index in [4.69, 9.17) is 0 Å². The Balaban J connectivity index is 3.23. The van der Waals surface area contributed by atoms with Crippen molar-refractivity contribution in [3.63, 3.8) is 0 Å². The third-order valence-corrected chi connectivity index (χ3v) is 5.11. The number of benzene rings is 1. The number of likely N-dealkylation sites (N-methyl/N-ethyl adjacent to an activating group) is 2. The number of hydrogen-bond acceptors (Lipinski definition) is 5. The first-order chi connectivity index (χ1) is 10.2. The highest BCUT2D eigenvalue weighted by molar-refractivity contribution is 7.89. The van der Waals surface area contributed by atoms with Gasteiger partial charge < -0.3 is 5.32 Å². The summed E-state index contributed by atoms with van der Waals surface area (Å²) in [5, 5.41) is 13.4. The van der Waals surface area contributed by atoms with E-state index in [9.17, 15) is 23.3 Å². The van der Waals surface area contributed by atoms with Crippen molar-refractivity contribution >= 4 is 21.6 Å². The van der Waals surface area contributed by atoms with Crippen LogP contribution in [0.3, 0.4) is 0 Å². The van der Waals surface area contributed by atoms with Gasteiger partial charge in [0.1, 0.15) is 0 Å². The van der Waals surface area contributed by atoms with E-state index in [1.54, 1.807) is 20.8 Å². The van der Waals surface area contributed by atoms with Gasteiger partial charge in [0, 0.05) is 25.2 Å². The van der Waals surface area contributed by atoms with Crippen LogP contribution in [0.25, 0.3) is 0 Å². The highest BCUT2D eigenvalue weighted by atomic mass is 32.2. The summed E-state index contributed by atoms with van der Waals surface area (Å²) in [5.74, 6) is -0.420. The minimum absolute atomic E-state index is 0.0849. The van der Waals surface area contributed by atoms with Gasteiger partial charge in [-0.25, -0.2) is 8.42 Å². The molecule has 0 radical (unpaired) electrons. The monoisotopic (exact) mass is 329 g/mol. The van der Waals surface area contributed by atoms with E-state index in [0.717, 1.165) is 10.4 Å². The normalized spacial score (nSPS) is 11.5. The van der Waals surface area contributed by atoms with Crippen LogP contribution in [0.15, 0.2) is 23.1 Å². The largest absolute Gasteiger partial charge is 0.355 e. The number of carbonyl (C=O) groups excluding carboxylic acids is 1. The molecule has 0 bridgehead atoms. The average molecular weight is 329 g/mol.